The van der Waals surface area contributed by atoms with Gasteiger partial charge in [-0.3, -0.25) is 4.99 Å². The lowest BCUT2D eigenvalue weighted by molar-refractivity contribution is 0.0479. The van der Waals surface area contributed by atoms with Crippen LogP contribution in [0.2, 0.25) is 0 Å². The molecular weight excluding hydrogens is 373 g/mol. The molecule has 2 aromatic rings. The predicted octanol–water partition coefficient (Wildman–Crippen LogP) is 4.36. The van der Waals surface area contributed by atoms with Crippen LogP contribution in [0, 0.1) is 0 Å². The Hall–Kier alpha value is -2.10. The Kier molecular flexibility index (Phi) is 8.28. The van der Waals surface area contributed by atoms with Crippen LogP contribution in [-0.2, 0) is 9.89 Å². The predicted molar refractivity (Wildman–Crippen MR) is 118 cm³/mol. The molecule has 6 heteroatoms. The lowest BCUT2D eigenvalue weighted by Gasteiger charge is -2.32. The molecule has 5 nitrogen and oxygen atoms in total. The maximum Gasteiger partial charge on any atom is 0.188 e. The van der Waals surface area contributed by atoms with E-state index < -0.39 is 0 Å². The summed E-state index contributed by atoms with van der Waals surface area (Å²) in [6.45, 7) is 4.59. The van der Waals surface area contributed by atoms with Crippen LogP contribution < -0.4 is 19.5 Å². The molecular formula is C22H30NO4P. The number of hydrogen-bond acceptors (Lipinski definition) is 5. The topological polar surface area (TPSA) is 49.3 Å². The quantitative estimate of drug-likeness (QED) is 0.336. The molecule has 0 saturated heterocycles. The Morgan fingerprint density at radius 3 is 2.46 bits per heavy atom. The van der Waals surface area contributed by atoms with E-state index in [1.807, 2.05) is 24.4 Å². The second-order valence-corrected chi connectivity index (χ2v) is 8.43. The van der Waals surface area contributed by atoms with Crippen LogP contribution in [0.25, 0.3) is 0 Å². The third kappa shape index (κ3) is 5.03. The largest absolute Gasteiger partial charge is 0.497 e. The molecule has 0 N–H and O–H groups in total. The number of nitrogens with zero attached hydrogens (tertiary/aromatic N) is 1. The maximum absolute atomic E-state index is 5.95. The van der Waals surface area contributed by atoms with Gasteiger partial charge in [-0.1, -0.05) is 46.7 Å². The first-order chi connectivity index (χ1) is 13.5. The van der Waals surface area contributed by atoms with Crippen LogP contribution in [0.4, 0.5) is 0 Å². The standard InChI is InChI=1S/C22H30NO4P/c1-7-22(2,28-20-11-9-8-10-16(20)14-23-3)18-12-17(25-5)13-19(26-6)21(18)27-15-24-4/h8-14,28H,7,15H2,1-6H3/b23-14+. The molecule has 0 saturated carbocycles. The normalized spacial score (nSPS) is 13.8. The fourth-order valence-electron chi connectivity index (χ4n) is 3.03. The smallest absolute Gasteiger partial charge is 0.188 e. The SMILES string of the molecule is CCC(C)(Pc1ccccc1/C=N/C)c1cc(OC)cc(OC)c1OCOC. The van der Waals surface area contributed by atoms with Crippen molar-refractivity contribution < 1.29 is 18.9 Å². The zero-order valence-electron chi connectivity index (χ0n) is 17.5. The van der Waals surface area contributed by atoms with Gasteiger partial charge in [0, 0.05) is 37.2 Å². The van der Waals surface area contributed by atoms with Crippen LogP contribution in [-0.4, -0.2) is 41.4 Å². The van der Waals surface area contributed by atoms with Crippen LogP contribution >= 0.6 is 8.58 Å². The van der Waals surface area contributed by atoms with Crippen LogP contribution in [0.1, 0.15) is 31.4 Å². The van der Waals surface area contributed by atoms with Gasteiger partial charge in [-0.25, -0.2) is 0 Å². The molecule has 0 aromatic heterocycles. The van der Waals surface area contributed by atoms with E-state index in [9.17, 15) is 0 Å². The summed E-state index contributed by atoms with van der Waals surface area (Å²) >= 11 is 0. The van der Waals surface area contributed by atoms with Crippen LogP contribution in [0.3, 0.4) is 0 Å². The molecule has 152 valence electrons. The fourth-order valence-corrected chi connectivity index (χ4v) is 4.59. The number of hydrogen-bond donors (Lipinski definition) is 0. The minimum Gasteiger partial charge on any atom is -0.497 e. The zero-order chi connectivity index (χ0) is 20.6. The molecule has 0 aliphatic heterocycles. The highest BCUT2D eigenvalue weighted by molar-refractivity contribution is 7.48. The Balaban J connectivity index is 2.60. The zero-order valence-corrected chi connectivity index (χ0v) is 18.5. The van der Waals surface area contributed by atoms with E-state index in [1.165, 1.54) is 5.30 Å². The molecule has 0 aliphatic carbocycles. The summed E-state index contributed by atoms with van der Waals surface area (Å²) < 4.78 is 22.2. The molecule has 0 heterocycles. The summed E-state index contributed by atoms with van der Waals surface area (Å²) in [5.41, 5.74) is 2.18. The molecule has 0 fully saturated rings. The third-order valence-corrected chi connectivity index (χ3v) is 6.65. The second kappa shape index (κ2) is 10.4. The number of benzene rings is 2. The van der Waals surface area contributed by atoms with E-state index in [0.29, 0.717) is 20.1 Å². The summed E-state index contributed by atoms with van der Waals surface area (Å²) in [5, 5.41) is 1.08. The van der Waals surface area contributed by atoms with E-state index >= 15 is 0 Å². The Labute approximate surface area is 169 Å². The van der Waals surface area contributed by atoms with Crippen molar-refractivity contribution in [3.05, 3.63) is 47.5 Å². The Morgan fingerprint density at radius 2 is 1.86 bits per heavy atom. The molecule has 0 aliphatic rings. The van der Waals surface area contributed by atoms with Gasteiger partial charge in [0.1, 0.15) is 5.75 Å². The molecule has 0 bridgehead atoms. The van der Waals surface area contributed by atoms with Gasteiger partial charge in [-0.15, -0.1) is 0 Å². The Bertz CT molecular complexity index is 809. The van der Waals surface area contributed by atoms with Gasteiger partial charge in [-0.2, -0.15) is 0 Å². The van der Waals surface area contributed by atoms with Gasteiger partial charge in [-0.05, 0) is 23.4 Å². The summed E-state index contributed by atoms with van der Waals surface area (Å²) in [6.07, 6.45) is 2.83. The first-order valence-corrected chi connectivity index (χ1v) is 10.2. The summed E-state index contributed by atoms with van der Waals surface area (Å²) in [4.78, 5) is 4.21. The fraction of sp³-hybridized carbons (Fsp3) is 0.409. The molecule has 2 atom stereocenters. The van der Waals surface area contributed by atoms with E-state index in [4.69, 9.17) is 18.9 Å². The summed E-state index contributed by atoms with van der Waals surface area (Å²) in [5.74, 6) is 2.08. The summed E-state index contributed by atoms with van der Waals surface area (Å²) in [6, 6.07) is 12.2. The highest BCUT2D eigenvalue weighted by Gasteiger charge is 2.32. The van der Waals surface area contributed by atoms with E-state index in [0.717, 1.165) is 23.3 Å². The molecule has 2 aromatic carbocycles. The van der Waals surface area contributed by atoms with Crippen molar-refractivity contribution in [1.82, 2.24) is 0 Å². The number of rotatable bonds is 10. The lowest BCUT2D eigenvalue weighted by Crippen LogP contribution is -2.22. The van der Waals surface area contributed by atoms with E-state index in [2.05, 4.69) is 37.0 Å². The van der Waals surface area contributed by atoms with Crippen molar-refractivity contribution in [3.63, 3.8) is 0 Å². The molecule has 2 unspecified atom stereocenters. The number of ether oxygens (including phenoxy) is 4. The minimum atomic E-state index is -0.178. The average molecular weight is 403 g/mol. The van der Waals surface area contributed by atoms with Crippen molar-refractivity contribution in [3.8, 4) is 17.2 Å². The van der Waals surface area contributed by atoms with E-state index in [1.54, 1.807) is 28.4 Å². The van der Waals surface area contributed by atoms with Crippen molar-refractivity contribution in [2.75, 3.05) is 35.2 Å². The Morgan fingerprint density at radius 1 is 1.11 bits per heavy atom. The van der Waals surface area contributed by atoms with Gasteiger partial charge < -0.3 is 18.9 Å². The maximum atomic E-state index is 5.95. The van der Waals surface area contributed by atoms with Gasteiger partial charge in [0.2, 0.25) is 0 Å². The molecule has 0 spiro atoms. The number of methoxy groups -OCH3 is 3. The second-order valence-electron chi connectivity index (χ2n) is 6.54. The number of aliphatic imine (C=N–C) groups is 1. The van der Waals surface area contributed by atoms with Crippen LogP contribution in [0.15, 0.2) is 41.4 Å². The van der Waals surface area contributed by atoms with Crippen molar-refractivity contribution in [2.45, 2.75) is 25.4 Å². The minimum absolute atomic E-state index is 0.150. The first kappa shape index (κ1) is 22.2. The summed E-state index contributed by atoms with van der Waals surface area (Å²) in [7, 11) is 7.21. The molecule has 0 radical (unpaired) electrons. The van der Waals surface area contributed by atoms with Gasteiger partial charge in [0.15, 0.2) is 18.3 Å². The van der Waals surface area contributed by atoms with Crippen molar-refractivity contribution >= 4 is 20.1 Å². The molecule has 2 rings (SSSR count). The van der Waals surface area contributed by atoms with Gasteiger partial charge >= 0.3 is 0 Å². The van der Waals surface area contributed by atoms with Gasteiger partial charge in [0.25, 0.3) is 0 Å². The molecule has 0 amide bonds. The lowest BCUT2D eigenvalue weighted by atomic mass is 9.95. The van der Waals surface area contributed by atoms with Crippen LogP contribution in [0.5, 0.6) is 17.2 Å². The average Bonchev–Trinajstić information content (AvgIpc) is 2.73. The third-order valence-electron chi connectivity index (χ3n) is 4.75. The monoisotopic (exact) mass is 403 g/mol. The first-order valence-electron chi connectivity index (χ1n) is 9.20. The van der Waals surface area contributed by atoms with E-state index in [-0.39, 0.29) is 11.9 Å². The van der Waals surface area contributed by atoms with Crippen molar-refractivity contribution in [2.24, 2.45) is 4.99 Å². The highest BCUT2D eigenvalue weighted by Crippen LogP contribution is 2.51. The molecule has 28 heavy (non-hydrogen) atoms. The van der Waals surface area contributed by atoms with Gasteiger partial charge in [0.05, 0.1) is 14.2 Å². The van der Waals surface area contributed by atoms with Crippen molar-refractivity contribution in [1.29, 1.82) is 0 Å². The highest BCUT2D eigenvalue weighted by atomic mass is 31.1.